The van der Waals surface area contributed by atoms with E-state index in [1.807, 2.05) is 0 Å². The van der Waals surface area contributed by atoms with Gasteiger partial charge in [0.25, 0.3) is 5.65 Å². The number of nitrogens with zero attached hydrogens (tertiary/aromatic N) is 4. The molecule has 0 unspecified atom stereocenters. The summed E-state index contributed by atoms with van der Waals surface area (Å²) >= 11 is 0. The van der Waals surface area contributed by atoms with Crippen LogP contribution in [0.15, 0.2) is 91.1 Å². The first-order valence-corrected chi connectivity index (χ1v) is 12.7. The fraction of sp³-hybridized carbons (Fsp3) is 0.219. The Morgan fingerprint density at radius 3 is 1.92 bits per heavy atom. The zero-order chi connectivity index (χ0) is 25.9. The maximum atomic E-state index is 7.23. The van der Waals surface area contributed by atoms with Crippen molar-refractivity contribution in [3.8, 4) is 17.0 Å². The van der Waals surface area contributed by atoms with E-state index in [0.717, 1.165) is 45.2 Å². The smallest absolute Gasteiger partial charge is 0.286 e. The van der Waals surface area contributed by atoms with Gasteiger partial charge in [0.05, 0.1) is 18.8 Å². The molecule has 0 saturated heterocycles. The number of anilines is 2. The summed E-state index contributed by atoms with van der Waals surface area (Å²) in [6, 6.07) is 30.4. The summed E-state index contributed by atoms with van der Waals surface area (Å²) in [7, 11) is 10.4. The quantitative estimate of drug-likeness (QED) is 0.309. The number of pyridine rings is 1. The zero-order valence-corrected chi connectivity index (χ0v) is 22.4. The monoisotopic (exact) mass is 489 g/mol. The average molecular weight is 490 g/mol. The van der Waals surface area contributed by atoms with Crippen LogP contribution in [0.3, 0.4) is 0 Å². The number of rotatable bonds is 4. The molecule has 2 aromatic heterocycles. The minimum Gasteiger partial charge on any atom is -0.468 e. The number of fused-ring (bicyclic) bond motifs is 5. The second kappa shape index (κ2) is 8.41. The highest BCUT2D eigenvalue weighted by Crippen LogP contribution is 2.51. The summed E-state index contributed by atoms with van der Waals surface area (Å²) in [4.78, 5) is 4.25. The summed E-state index contributed by atoms with van der Waals surface area (Å²) < 4.78 is 11.8. The predicted octanol–water partition coefficient (Wildman–Crippen LogP) is 5.56. The standard InChI is InChI=1S/C32H33N4O/c1-22-10-19-28-27(21-22)30-31(36-20-8-7-9-29(36)35(30)6)32(37-28,23-11-15-25(16-12-23)33(2)3)24-13-17-26(18-14-24)34(4)5/h7-21H,1-6H3/q+1. The highest BCUT2D eigenvalue weighted by atomic mass is 16.5. The van der Waals surface area contributed by atoms with E-state index in [1.165, 1.54) is 11.3 Å². The third-order valence-electron chi connectivity index (χ3n) is 7.55. The fourth-order valence-electron chi connectivity index (χ4n) is 5.61. The molecule has 0 amide bonds. The molecule has 0 fully saturated rings. The molecule has 5 nitrogen and oxygen atoms in total. The fourth-order valence-corrected chi connectivity index (χ4v) is 5.61. The molecule has 37 heavy (non-hydrogen) atoms. The lowest BCUT2D eigenvalue weighted by molar-refractivity contribution is -0.633. The maximum absolute atomic E-state index is 7.23. The molecule has 0 radical (unpaired) electrons. The van der Waals surface area contributed by atoms with Gasteiger partial charge in [-0.05, 0) is 49.4 Å². The van der Waals surface area contributed by atoms with Crippen molar-refractivity contribution >= 4 is 17.0 Å². The Morgan fingerprint density at radius 1 is 0.757 bits per heavy atom. The number of ether oxygens (including phenoxy) is 1. The second-order valence-electron chi connectivity index (χ2n) is 10.4. The number of aromatic nitrogens is 2. The lowest BCUT2D eigenvalue weighted by Crippen LogP contribution is -2.42. The summed E-state index contributed by atoms with van der Waals surface area (Å²) in [5, 5.41) is 0. The van der Waals surface area contributed by atoms with Crippen LogP contribution in [0.2, 0.25) is 0 Å². The first-order valence-electron chi connectivity index (χ1n) is 12.7. The lowest BCUT2D eigenvalue weighted by Gasteiger charge is -2.37. The summed E-state index contributed by atoms with van der Waals surface area (Å²) in [5.41, 5.74) is 9.36. The molecule has 3 heterocycles. The van der Waals surface area contributed by atoms with E-state index in [1.54, 1.807) is 0 Å². The number of aryl methyl sites for hydroxylation is 2. The molecule has 0 aliphatic carbocycles. The van der Waals surface area contributed by atoms with Crippen molar-refractivity contribution in [2.75, 3.05) is 38.0 Å². The maximum Gasteiger partial charge on any atom is 0.286 e. The van der Waals surface area contributed by atoms with Crippen LogP contribution in [0, 0.1) is 6.92 Å². The van der Waals surface area contributed by atoms with E-state index in [9.17, 15) is 0 Å². The normalized spacial score (nSPS) is 13.6. The number of hydrogen-bond donors (Lipinski definition) is 0. The molecule has 1 aliphatic rings. The highest BCUT2D eigenvalue weighted by molar-refractivity contribution is 5.76. The molecule has 5 heteroatoms. The van der Waals surface area contributed by atoms with Crippen molar-refractivity contribution in [3.05, 3.63) is 114 Å². The van der Waals surface area contributed by atoms with E-state index in [2.05, 4.69) is 152 Å². The molecular formula is C32H33N4O+. The molecule has 3 aromatic carbocycles. The minimum absolute atomic E-state index is 0.848. The van der Waals surface area contributed by atoms with Crippen LogP contribution < -0.4 is 19.1 Å². The van der Waals surface area contributed by atoms with Gasteiger partial charge in [-0.3, -0.25) is 0 Å². The SMILES string of the molecule is Cc1ccc2c(c1)-c1c(n3ccccc3[n+]1C)C(c1ccc(N(C)C)cc1)(c1ccc(N(C)C)cc1)O2. The Kier molecular flexibility index (Phi) is 5.27. The molecule has 186 valence electrons. The van der Waals surface area contributed by atoms with Crippen molar-refractivity contribution in [2.45, 2.75) is 12.5 Å². The molecule has 0 atom stereocenters. The first kappa shape index (κ1) is 23.2. The Balaban J connectivity index is 1.75. The van der Waals surface area contributed by atoms with Crippen molar-refractivity contribution in [2.24, 2.45) is 7.05 Å². The van der Waals surface area contributed by atoms with E-state index < -0.39 is 5.60 Å². The summed E-state index contributed by atoms with van der Waals surface area (Å²) in [6.45, 7) is 2.14. The summed E-state index contributed by atoms with van der Waals surface area (Å²) in [6.07, 6.45) is 2.15. The van der Waals surface area contributed by atoms with Crippen LogP contribution in [0.4, 0.5) is 11.4 Å². The van der Waals surface area contributed by atoms with Crippen molar-refractivity contribution in [1.29, 1.82) is 0 Å². The minimum atomic E-state index is -0.848. The number of hydrogen-bond acceptors (Lipinski definition) is 3. The molecule has 6 rings (SSSR count). The van der Waals surface area contributed by atoms with Crippen molar-refractivity contribution in [1.82, 2.24) is 4.40 Å². The van der Waals surface area contributed by atoms with Crippen LogP contribution in [0.1, 0.15) is 22.4 Å². The van der Waals surface area contributed by atoms with Gasteiger partial charge in [0.15, 0.2) is 5.69 Å². The van der Waals surface area contributed by atoms with E-state index in [4.69, 9.17) is 4.74 Å². The second-order valence-corrected chi connectivity index (χ2v) is 10.4. The van der Waals surface area contributed by atoms with Crippen molar-refractivity contribution < 1.29 is 9.30 Å². The van der Waals surface area contributed by atoms with Gasteiger partial charge in [-0.15, -0.1) is 0 Å². The van der Waals surface area contributed by atoms with Crippen LogP contribution in [0.5, 0.6) is 5.75 Å². The van der Waals surface area contributed by atoms with Gasteiger partial charge in [0.1, 0.15) is 5.75 Å². The first-order chi connectivity index (χ1) is 17.8. The highest BCUT2D eigenvalue weighted by Gasteiger charge is 2.52. The third-order valence-corrected chi connectivity index (χ3v) is 7.55. The van der Waals surface area contributed by atoms with Gasteiger partial charge in [0, 0.05) is 56.8 Å². The van der Waals surface area contributed by atoms with Crippen LogP contribution in [-0.4, -0.2) is 32.6 Å². The molecule has 0 N–H and O–H groups in total. The lowest BCUT2D eigenvalue weighted by atomic mass is 9.79. The Labute approximate surface area is 218 Å². The van der Waals surface area contributed by atoms with Crippen molar-refractivity contribution in [3.63, 3.8) is 0 Å². The topological polar surface area (TPSA) is 24.0 Å². The van der Waals surface area contributed by atoms with E-state index in [-0.39, 0.29) is 0 Å². The van der Waals surface area contributed by atoms with Gasteiger partial charge in [-0.2, -0.15) is 4.40 Å². The average Bonchev–Trinajstić information content (AvgIpc) is 3.22. The largest absolute Gasteiger partial charge is 0.468 e. The molecule has 5 aromatic rings. The number of imidazole rings is 1. The molecule has 0 spiro atoms. The third kappa shape index (κ3) is 3.41. The Bertz CT molecular complexity index is 1560. The van der Waals surface area contributed by atoms with Gasteiger partial charge < -0.3 is 14.5 Å². The zero-order valence-electron chi connectivity index (χ0n) is 22.4. The predicted molar refractivity (Wildman–Crippen MR) is 151 cm³/mol. The van der Waals surface area contributed by atoms with Gasteiger partial charge >= 0.3 is 0 Å². The molecule has 0 bridgehead atoms. The van der Waals surface area contributed by atoms with E-state index >= 15 is 0 Å². The van der Waals surface area contributed by atoms with Gasteiger partial charge in [-0.25, -0.2) is 4.57 Å². The Hall–Kier alpha value is -4.25. The number of benzene rings is 3. The molecule has 0 saturated carbocycles. The molecular weight excluding hydrogens is 456 g/mol. The Morgan fingerprint density at radius 2 is 1.35 bits per heavy atom. The van der Waals surface area contributed by atoms with Gasteiger partial charge in [0.2, 0.25) is 11.3 Å². The van der Waals surface area contributed by atoms with Crippen LogP contribution in [0.25, 0.3) is 16.9 Å². The van der Waals surface area contributed by atoms with Crippen LogP contribution in [-0.2, 0) is 12.6 Å². The molecule has 1 aliphatic heterocycles. The van der Waals surface area contributed by atoms with Crippen LogP contribution >= 0.6 is 0 Å². The van der Waals surface area contributed by atoms with E-state index in [0.29, 0.717) is 0 Å². The summed E-state index contributed by atoms with van der Waals surface area (Å²) in [5.74, 6) is 0.887. The van der Waals surface area contributed by atoms with Gasteiger partial charge in [-0.1, -0.05) is 42.0 Å².